The molecule has 0 aromatic heterocycles. The number of carbonyl (C=O) groups is 1. The summed E-state index contributed by atoms with van der Waals surface area (Å²) in [6, 6.07) is -0.389. The predicted molar refractivity (Wildman–Crippen MR) is 50.4 cm³/mol. The number of amides is 1. The molecule has 6 nitrogen and oxygen atoms in total. The highest BCUT2D eigenvalue weighted by Crippen LogP contribution is 2.35. The van der Waals surface area contributed by atoms with Gasteiger partial charge in [-0.2, -0.15) is 0 Å². The van der Waals surface area contributed by atoms with Gasteiger partial charge in [-0.05, 0) is 5.92 Å². The van der Waals surface area contributed by atoms with Crippen LogP contribution < -0.4 is 5.32 Å². The van der Waals surface area contributed by atoms with Crippen LogP contribution in [-0.4, -0.2) is 28.3 Å². The maximum atomic E-state index is 10.7. The number of nitrogens with one attached hydrogen (secondary N) is 1. The van der Waals surface area contributed by atoms with Crippen molar-refractivity contribution < 1.29 is 23.7 Å². The first-order chi connectivity index (χ1) is 6.22. The van der Waals surface area contributed by atoms with E-state index in [1.165, 1.54) is 6.92 Å². The summed E-state index contributed by atoms with van der Waals surface area (Å²) in [7, 11) is -4.45. The van der Waals surface area contributed by atoms with Crippen LogP contribution >= 0.6 is 7.82 Å². The summed E-state index contributed by atoms with van der Waals surface area (Å²) in [6.07, 6.45) is 0. The second-order valence-electron chi connectivity index (χ2n) is 3.34. The summed E-state index contributed by atoms with van der Waals surface area (Å²) in [5.41, 5.74) is 0. The minimum Gasteiger partial charge on any atom is -0.351 e. The Balaban J connectivity index is 4.11. The zero-order chi connectivity index (χ0) is 11.4. The van der Waals surface area contributed by atoms with Crippen molar-refractivity contribution in [2.45, 2.75) is 26.8 Å². The standard InChI is InChI=1S/C7H16NO5P/c1-5(2)7(8-6(3)9)4-13-14(10,11)12/h5,7H,4H2,1-3H3,(H,8,9)(H2,10,11,12)/t7-/m1/s1. The fraction of sp³-hybridized carbons (Fsp3) is 0.857. The summed E-state index contributed by atoms with van der Waals surface area (Å²) in [6.45, 7) is 4.79. The van der Waals surface area contributed by atoms with Crippen LogP contribution in [0.1, 0.15) is 20.8 Å². The van der Waals surface area contributed by atoms with Gasteiger partial charge in [-0.3, -0.25) is 9.32 Å². The molecule has 1 atom stereocenters. The average molecular weight is 225 g/mol. The Labute approximate surface area is 82.9 Å². The number of rotatable bonds is 5. The Kier molecular flexibility index (Phi) is 5.29. The van der Waals surface area contributed by atoms with Crippen LogP contribution in [-0.2, 0) is 13.9 Å². The van der Waals surface area contributed by atoms with E-state index in [0.29, 0.717) is 0 Å². The van der Waals surface area contributed by atoms with Crippen molar-refractivity contribution >= 4 is 13.7 Å². The number of phosphoric ester groups is 1. The Morgan fingerprint density at radius 3 is 2.29 bits per heavy atom. The minimum absolute atomic E-state index is 0.0467. The van der Waals surface area contributed by atoms with Gasteiger partial charge in [-0.25, -0.2) is 4.57 Å². The second-order valence-corrected chi connectivity index (χ2v) is 4.58. The molecule has 0 saturated carbocycles. The third-order valence-corrected chi connectivity index (χ3v) is 2.10. The lowest BCUT2D eigenvalue weighted by atomic mass is 10.1. The van der Waals surface area contributed by atoms with Gasteiger partial charge in [0, 0.05) is 6.92 Å². The minimum atomic E-state index is -4.45. The van der Waals surface area contributed by atoms with Crippen molar-refractivity contribution in [1.29, 1.82) is 0 Å². The molecule has 0 aliphatic carbocycles. The van der Waals surface area contributed by atoms with E-state index in [-0.39, 0.29) is 24.5 Å². The zero-order valence-corrected chi connectivity index (χ0v) is 9.32. The van der Waals surface area contributed by atoms with E-state index >= 15 is 0 Å². The Hall–Kier alpha value is -0.420. The molecule has 3 N–H and O–H groups in total. The lowest BCUT2D eigenvalue weighted by molar-refractivity contribution is -0.120. The Morgan fingerprint density at radius 2 is 2.00 bits per heavy atom. The molecule has 1 amide bonds. The molecule has 0 spiro atoms. The maximum absolute atomic E-state index is 10.7. The zero-order valence-electron chi connectivity index (χ0n) is 8.43. The number of hydrogen-bond acceptors (Lipinski definition) is 3. The molecular weight excluding hydrogens is 209 g/mol. The van der Waals surface area contributed by atoms with E-state index in [9.17, 15) is 9.36 Å². The number of carbonyl (C=O) groups excluding carboxylic acids is 1. The molecule has 7 heteroatoms. The van der Waals surface area contributed by atoms with Crippen LogP contribution in [0.4, 0.5) is 0 Å². The van der Waals surface area contributed by atoms with Crippen molar-refractivity contribution in [2.75, 3.05) is 6.61 Å². The average Bonchev–Trinajstić information content (AvgIpc) is 1.94. The lowest BCUT2D eigenvalue weighted by Crippen LogP contribution is -2.40. The largest absolute Gasteiger partial charge is 0.469 e. The topological polar surface area (TPSA) is 95.9 Å². The molecule has 0 saturated heterocycles. The van der Waals surface area contributed by atoms with Crippen LogP contribution in [0.15, 0.2) is 0 Å². The third-order valence-electron chi connectivity index (χ3n) is 1.62. The SMILES string of the molecule is CC(=O)N[C@H](COP(=O)(O)O)C(C)C. The van der Waals surface area contributed by atoms with Gasteiger partial charge in [-0.15, -0.1) is 0 Å². The molecule has 0 bridgehead atoms. The first-order valence-corrected chi connectivity index (χ1v) is 5.72. The molecule has 0 aromatic rings. The van der Waals surface area contributed by atoms with Crippen LogP contribution in [0, 0.1) is 5.92 Å². The van der Waals surface area contributed by atoms with E-state index in [0.717, 1.165) is 0 Å². The fourth-order valence-electron chi connectivity index (χ4n) is 0.839. The van der Waals surface area contributed by atoms with Gasteiger partial charge < -0.3 is 15.1 Å². The Bertz CT molecular complexity index is 236. The van der Waals surface area contributed by atoms with Gasteiger partial charge in [0.2, 0.25) is 5.91 Å². The van der Waals surface area contributed by atoms with Crippen molar-refractivity contribution in [1.82, 2.24) is 5.32 Å². The molecule has 0 aliphatic rings. The van der Waals surface area contributed by atoms with Gasteiger partial charge >= 0.3 is 7.82 Å². The summed E-state index contributed by atoms with van der Waals surface area (Å²) < 4.78 is 14.7. The molecule has 0 aliphatic heterocycles. The number of phosphoric acid groups is 1. The normalized spacial score (nSPS) is 14.1. The van der Waals surface area contributed by atoms with Crippen LogP contribution in [0.5, 0.6) is 0 Å². The van der Waals surface area contributed by atoms with Crippen molar-refractivity contribution in [3.63, 3.8) is 0 Å². The van der Waals surface area contributed by atoms with Gasteiger partial charge in [0.25, 0.3) is 0 Å². The molecule has 0 radical (unpaired) electrons. The predicted octanol–water partition coefficient (Wildman–Crippen LogP) is 0.256. The highest BCUT2D eigenvalue weighted by Gasteiger charge is 2.20. The fourth-order valence-corrected chi connectivity index (χ4v) is 1.19. The second kappa shape index (κ2) is 5.46. The van der Waals surface area contributed by atoms with E-state index in [4.69, 9.17) is 9.79 Å². The van der Waals surface area contributed by atoms with E-state index < -0.39 is 7.82 Å². The third kappa shape index (κ3) is 7.03. The maximum Gasteiger partial charge on any atom is 0.469 e. The summed E-state index contributed by atoms with van der Waals surface area (Å²) >= 11 is 0. The Morgan fingerprint density at radius 1 is 1.50 bits per heavy atom. The van der Waals surface area contributed by atoms with Crippen molar-refractivity contribution in [2.24, 2.45) is 5.92 Å². The molecular formula is C7H16NO5P. The van der Waals surface area contributed by atoms with Gasteiger partial charge in [0.1, 0.15) is 0 Å². The van der Waals surface area contributed by atoms with Gasteiger partial charge in [0.15, 0.2) is 0 Å². The number of hydrogen-bond donors (Lipinski definition) is 3. The van der Waals surface area contributed by atoms with Crippen LogP contribution in [0.2, 0.25) is 0 Å². The lowest BCUT2D eigenvalue weighted by Gasteiger charge is -2.21. The van der Waals surface area contributed by atoms with E-state index in [1.807, 2.05) is 13.8 Å². The van der Waals surface area contributed by atoms with E-state index in [2.05, 4.69) is 9.84 Å². The first kappa shape index (κ1) is 13.6. The summed E-state index contributed by atoms with van der Waals surface area (Å²) in [5, 5.41) is 2.54. The molecule has 14 heavy (non-hydrogen) atoms. The molecule has 0 fully saturated rings. The molecule has 0 rings (SSSR count). The van der Waals surface area contributed by atoms with Crippen molar-refractivity contribution in [3.05, 3.63) is 0 Å². The van der Waals surface area contributed by atoms with Crippen LogP contribution in [0.3, 0.4) is 0 Å². The highest BCUT2D eigenvalue weighted by molar-refractivity contribution is 7.46. The van der Waals surface area contributed by atoms with Gasteiger partial charge in [0.05, 0.1) is 12.6 Å². The summed E-state index contributed by atoms with van der Waals surface area (Å²) in [4.78, 5) is 27.6. The van der Waals surface area contributed by atoms with E-state index in [1.54, 1.807) is 0 Å². The molecule has 0 aromatic carbocycles. The van der Waals surface area contributed by atoms with Crippen molar-refractivity contribution in [3.8, 4) is 0 Å². The molecule has 84 valence electrons. The van der Waals surface area contributed by atoms with Crippen LogP contribution in [0.25, 0.3) is 0 Å². The highest BCUT2D eigenvalue weighted by atomic mass is 31.2. The molecule has 0 heterocycles. The smallest absolute Gasteiger partial charge is 0.351 e. The quantitative estimate of drug-likeness (QED) is 0.583. The van der Waals surface area contributed by atoms with Gasteiger partial charge in [-0.1, -0.05) is 13.8 Å². The molecule has 0 unspecified atom stereocenters. The first-order valence-electron chi connectivity index (χ1n) is 4.19. The monoisotopic (exact) mass is 225 g/mol. The summed E-state index contributed by atoms with van der Waals surface area (Å²) in [5.74, 6) is -0.205.